The SMILES string of the molecule is CCn1nc(-c2ccc(C)cc2C)cc1NC(=O)OCc1ccc2c(cnn2C)c1. The summed E-state index contributed by atoms with van der Waals surface area (Å²) < 4.78 is 9.00. The number of aryl methyl sites for hydroxylation is 4. The summed E-state index contributed by atoms with van der Waals surface area (Å²) in [6, 6.07) is 14.0. The Balaban J connectivity index is 1.46. The first-order valence-electron chi connectivity index (χ1n) is 9.94. The quantitative estimate of drug-likeness (QED) is 0.518. The normalized spacial score (nSPS) is 11.1. The molecule has 0 unspecified atom stereocenters. The van der Waals surface area contributed by atoms with E-state index in [9.17, 15) is 4.79 Å². The second-order valence-corrected chi connectivity index (χ2v) is 7.41. The van der Waals surface area contributed by atoms with Crippen LogP contribution in [0.5, 0.6) is 0 Å². The van der Waals surface area contributed by atoms with Crippen LogP contribution in [0.3, 0.4) is 0 Å². The van der Waals surface area contributed by atoms with Gasteiger partial charge in [-0.2, -0.15) is 10.2 Å². The molecule has 30 heavy (non-hydrogen) atoms. The number of carbonyl (C=O) groups is 1. The number of fused-ring (bicyclic) bond motifs is 1. The van der Waals surface area contributed by atoms with Crippen molar-refractivity contribution in [3.63, 3.8) is 0 Å². The molecule has 7 heteroatoms. The molecule has 4 aromatic rings. The van der Waals surface area contributed by atoms with Crippen LogP contribution in [0, 0.1) is 13.8 Å². The fourth-order valence-corrected chi connectivity index (χ4v) is 3.58. The van der Waals surface area contributed by atoms with Crippen molar-refractivity contribution in [3.8, 4) is 11.3 Å². The Labute approximate surface area is 175 Å². The number of anilines is 1. The predicted molar refractivity (Wildman–Crippen MR) is 117 cm³/mol. The van der Waals surface area contributed by atoms with E-state index in [1.54, 1.807) is 10.9 Å². The zero-order valence-electron chi connectivity index (χ0n) is 17.6. The molecule has 0 atom stereocenters. The third kappa shape index (κ3) is 3.91. The molecule has 0 aliphatic rings. The van der Waals surface area contributed by atoms with Crippen molar-refractivity contribution < 1.29 is 9.53 Å². The molecule has 4 rings (SSSR count). The van der Waals surface area contributed by atoms with E-state index < -0.39 is 6.09 Å². The molecule has 0 saturated carbocycles. The first-order chi connectivity index (χ1) is 14.4. The third-order valence-corrected chi connectivity index (χ3v) is 5.15. The van der Waals surface area contributed by atoms with E-state index in [-0.39, 0.29) is 6.61 Å². The highest BCUT2D eigenvalue weighted by Crippen LogP contribution is 2.26. The first-order valence-corrected chi connectivity index (χ1v) is 9.94. The van der Waals surface area contributed by atoms with Gasteiger partial charge >= 0.3 is 6.09 Å². The van der Waals surface area contributed by atoms with Gasteiger partial charge in [0.15, 0.2) is 0 Å². The predicted octanol–water partition coefficient (Wildman–Crippen LogP) is 4.82. The lowest BCUT2D eigenvalue weighted by Gasteiger charge is -2.08. The molecule has 0 radical (unpaired) electrons. The Morgan fingerprint density at radius 3 is 2.73 bits per heavy atom. The van der Waals surface area contributed by atoms with Crippen molar-refractivity contribution in [2.75, 3.05) is 5.32 Å². The molecule has 2 aromatic carbocycles. The topological polar surface area (TPSA) is 74.0 Å². The van der Waals surface area contributed by atoms with Gasteiger partial charge in [-0.25, -0.2) is 9.48 Å². The highest BCUT2D eigenvalue weighted by Gasteiger charge is 2.14. The van der Waals surface area contributed by atoms with Crippen molar-refractivity contribution in [2.45, 2.75) is 33.9 Å². The Morgan fingerprint density at radius 2 is 1.97 bits per heavy atom. The highest BCUT2D eigenvalue weighted by atomic mass is 16.5. The number of nitrogens with zero attached hydrogens (tertiary/aromatic N) is 4. The highest BCUT2D eigenvalue weighted by molar-refractivity contribution is 5.85. The largest absolute Gasteiger partial charge is 0.444 e. The van der Waals surface area contributed by atoms with E-state index in [4.69, 9.17) is 4.74 Å². The van der Waals surface area contributed by atoms with Crippen LogP contribution in [0.15, 0.2) is 48.7 Å². The van der Waals surface area contributed by atoms with Gasteiger partial charge < -0.3 is 4.74 Å². The Morgan fingerprint density at radius 1 is 1.13 bits per heavy atom. The monoisotopic (exact) mass is 403 g/mol. The fourth-order valence-electron chi connectivity index (χ4n) is 3.58. The number of nitrogens with one attached hydrogen (secondary N) is 1. The number of aromatic nitrogens is 4. The minimum atomic E-state index is -0.511. The van der Waals surface area contributed by atoms with Gasteiger partial charge in [-0.05, 0) is 44.0 Å². The van der Waals surface area contributed by atoms with Crippen molar-refractivity contribution in [3.05, 3.63) is 65.4 Å². The van der Waals surface area contributed by atoms with E-state index in [0.717, 1.165) is 33.3 Å². The molecule has 0 saturated heterocycles. The van der Waals surface area contributed by atoms with Gasteiger partial charge in [0.2, 0.25) is 0 Å². The molecule has 0 aliphatic carbocycles. The summed E-state index contributed by atoms with van der Waals surface area (Å²) in [5.74, 6) is 0.611. The van der Waals surface area contributed by atoms with E-state index in [1.165, 1.54) is 5.56 Å². The van der Waals surface area contributed by atoms with Crippen LogP contribution in [0.25, 0.3) is 22.2 Å². The molecule has 1 amide bonds. The number of carbonyl (C=O) groups excluding carboxylic acids is 1. The maximum Gasteiger partial charge on any atom is 0.413 e. The van der Waals surface area contributed by atoms with Crippen molar-refractivity contribution in [1.82, 2.24) is 19.6 Å². The molecule has 0 aliphatic heterocycles. The zero-order chi connectivity index (χ0) is 21.3. The van der Waals surface area contributed by atoms with Crippen molar-refractivity contribution in [2.24, 2.45) is 7.05 Å². The van der Waals surface area contributed by atoms with Gasteiger partial charge in [-0.3, -0.25) is 10.00 Å². The average molecular weight is 403 g/mol. The van der Waals surface area contributed by atoms with Gasteiger partial charge in [-0.15, -0.1) is 0 Å². The Kier molecular flexibility index (Phi) is 5.27. The second-order valence-electron chi connectivity index (χ2n) is 7.41. The smallest absolute Gasteiger partial charge is 0.413 e. The van der Waals surface area contributed by atoms with Crippen LogP contribution < -0.4 is 5.32 Å². The first kappa shape index (κ1) is 19.7. The molecule has 1 N–H and O–H groups in total. The van der Waals surface area contributed by atoms with Gasteiger partial charge in [0.05, 0.1) is 17.4 Å². The molecule has 0 spiro atoms. The maximum absolute atomic E-state index is 12.4. The van der Waals surface area contributed by atoms with Crippen molar-refractivity contribution in [1.29, 1.82) is 0 Å². The van der Waals surface area contributed by atoms with E-state index in [2.05, 4.69) is 47.6 Å². The maximum atomic E-state index is 12.4. The molecule has 7 nitrogen and oxygen atoms in total. The van der Waals surface area contributed by atoms with Crippen LogP contribution in [-0.4, -0.2) is 25.7 Å². The van der Waals surface area contributed by atoms with Crippen molar-refractivity contribution >= 4 is 22.8 Å². The van der Waals surface area contributed by atoms with Crippen LogP contribution >= 0.6 is 0 Å². The summed E-state index contributed by atoms with van der Waals surface area (Å²) in [5, 5.41) is 12.7. The van der Waals surface area contributed by atoms with Gasteiger partial charge in [0, 0.05) is 30.6 Å². The Hall–Kier alpha value is -3.61. The van der Waals surface area contributed by atoms with Gasteiger partial charge in [0.1, 0.15) is 12.4 Å². The van der Waals surface area contributed by atoms with E-state index in [0.29, 0.717) is 12.4 Å². The lowest BCUT2D eigenvalue weighted by Crippen LogP contribution is -2.16. The molecule has 154 valence electrons. The number of amides is 1. The van der Waals surface area contributed by atoms with E-state index >= 15 is 0 Å². The molecule has 2 aromatic heterocycles. The lowest BCUT2D eigenvalue weighted by molar-refractivity contribution is 0.155. The minimum absolute atomic E-state index is 0.181. The second kappa shape index (κ2) is 8.02. The average Bonchev–Trinajstić information content (AvgIpc) is 3.29. The zero-order valence-corrected chi connectivity index (χ0v) is 17.6. The molecule has 0 bridgehead atoms. The van der Waals surface area contributed by atoms with Crippen LogP contribution in [0.1, 0.15) is 23.6 Å². The molecular formula is C23H25N5O2. The lowest BCUT2D eigenvalue weighted by atomic mass is 10.0. The van der Waals surface area contributed by atoms with Crippen LogP contribution in [0.4, 0.5) is 10.6 Å². The summed E-state index contributed by atoms with van der Waals surface area (Å²) >= 11 is 0. The van der Waals surface area contributed by atoms with Crippen LogP contribution in [0.2, 0.25) is 0 Å². The summed E-state index contributed by atoms with van der Waals surface area (Å²) in [6.45, 7) is 6.93. The summed E-state index contributed by atoms with van der Waals surface area (Å²) in [4.78, 5) is 12.4. The Bertz CT molecular complexity index is 1220. The summed E-state index contributed by atoms with van der Waals surface area (Å²) in [7, 11) is 1.90. The molecule has 2 heterocycles. The van der Waals surface area contributed by atoms with Crippen LogP contribution in [-0.2, 0) is 24.9 Å². The number of benzene rings is 2. The number of rotatable bonds is 5. The number of ether oxygens (including phenoxy) is 1. The molecule has 0 fully saturated rings. The van der Waals surface area contributed by atoms with E-state index in [1.807, 2.05) is 42.9 Å². The number of hydrogen-bond acceptors (Lipinski definition) is 4. The minimum Gasteiger partial charge on any atom is -0.444 e. The number of hydrogen-bond donors (Lipinski definition) is 1. The third-order valence-electron chi connectivity index (χ3n) is 5.15. The standard InChI is InChI=1S/C23H25N5O2/c1-5-28-22(12-20(26-28)19-8-6-15(2)10-16(19)3)25-23(29)30-14-17-7-9-21-18(11-17)13-24-27(21)4/h6-13H,5,14H2,1-4H3,(H,25,29). The fraction of sp³-hybridized carbons (Fsp3) is 0.261. The molecular weight excluding hydrogens is 378 g/mol. The van der Waals surface area contributed by atoms with Gasteiger partial charge in [-0.1, -0.05) is 29.8 Å². The summed E-state index contributed by atoms with van der Waals surface area (Å²) in [5.41, 5.74) is 6.17. The summed E-state index contributed by atoms with van der Waals surface area (Å²) in [6.07, 6.45) is 1.29. The van der Waals surface area contributed by atoms with Gasteiger partial charge in [0.25, 0.3) is 0 Å².